The van der Waals surface area contributed by atoms with Crippen LogP contribution in [-0.4, -0.2) is 15.0 Å². The van der Waals surface area contributed by atoms with E-state index in [-0.39, 0.29) is 5.95 Å². The Hall–Kier alpha value is -3.61. The second-order valence-electron chi connectivity index (χ2n) is 5.08. The molecular weight excluding hydrogens is 306 g/mol. The number of aromatic nitrogens is 3. The molecule has 0 fully saturated rings. The zero-order valence-electron chi connectivity index (χ0n) is 12.5. The van der Waals surface area contributed by atoms with Crippen molar-refractivity contribution in [3.63, 3.8) is 0 Å². The van der Waals surface area contributed by atoms with Gasteiger partial charge in [-0.15, -0.1) is 0 Å². The lowest BCUT2D eigenvalue weighted by Crippen LogP contribution is -2.02. The van der Waals surface area contributed by atoms with Crippen LogP contribution >= 0.6 is 0 Å². The standard InChI is InChI=1S/C17H13N5O2/c18-13-9-10(5-6-20-13)14-15(11-3-1-7-23-11)21-17(19)22-16(14)12-4-2-8-24-12/h1-9H,(H2,18,20)(H2,19,21,22). The topological polar surface area (TPSA) is 117 Å². The Kier molecular flexibility index (Phi) is 3.24. The van der Waals surface area contributed by atoms with Crippen LogP contribution in [0.15, 0.2) is 64.0 Å². The van der Waals surface area contributed by atoms with E-state index in [0.717, 1.165) is 5.56 Å². The van der Waals surface area contributed by atoms with Gasteiger partial charge in [0.15, 0.2) is 11.5 Å². The maximum atomic E-state index is 5.91. The molecule has 4 aromatic heterocycles. The summed E-state index contributed by atoms with van der Waals surface area (Å²) >= 11 is 0. The molecule has 0 aromatic carbocycles. The molecule has 0 radical (unpaired) electrons. The van der Waals surface area contributed by atoms with E-state index < -0.39 is 0 Å². The highest BCUT2D eigenvalue weighted by molar-refractivity contribution is 5.89. The molecule has 7 heteroatoms. The van der Waals surface area contributed by atoms with E-state index in [4.69, 9.17) is 20.3 Å². The molecule has 0 aliphatic rings. The highest BCUT2D eigenvalue weighted by atomic mass is 16.3. The molecule has 0 aliphatic carbocycles. The largest absolute Gasteiger partial charge is 0.463 e. The van der Waals surface area contributed by atoms with Gasteiger partial charge in [-0.1, -0.05) is 0 Å². The van der Waals surface area contributed by atoms with Gasteiger partial charge in [0.1, 0.15) is 17.2 Å². The van der Waals surface area contributed by atoms with Crippen LogP contribution in [-0.2, 0) is 0 Å². The van der Waals surface area contributed by atoms with E-state index >= 15 is 0 Å². The predicted octanol–water partition coefficient (Wildman–Crippen LogP) is 3.22. The molecule has 0 bridgehead atoms. The van der Waals surface area contributed by atoms with E-state index in [1.54, 1.807) is 36.9 Å². The van der Waals surface area contributed by atoms with Crippen LogP contribution in [0.4, 0.5) is 11.8 Å². The summed E-state index contributed by atoms with van der Waals surface area (Å²) in [6, 6.07) is 10.7. The summed E-state index contributed by atoms with van der Waals surface area (Å²) in [5, 5.41) is 0. The first-order valence-electron chi connectivity index (χ1n) is 7.19. The summed E-state index contributed by atoms with van der Waals surface area (Å²) in [6.45, 7) is 0. The van der Waals surface area contributed by atoms with E-state index in [2.05, 4.69) is 15.0 Å². The predicted molar refractivity (Wildman–Crippen MR) is 89.5 cm³/mol. The van der Waals surface area contributed by atoms with Crippen molar-refractivity contribution >= 4 is 11.8 Å². The van der Waals surface area contributed by atoms with Crippen molar-refractivity contribution in [3.8, 4) is 34.0 Å². The third-order valence-electron chi connectivity index (χ3n) is 3.51. The Morgan fingerprint density at radius 1 is 0.833 bits per heavy atom. The number of furan rings is 2. The Balaban J connectivity index is 2.07. The number of pyridine rings is 1. The van der Waals surface area contributed by atoms with E-state index in [9.17, 15) is 0 Å². The summed E-state index contributed by atoms with van der Waals surface area (Å²) in [4.78, 5) is 12.8. The lowest BCUT2D eigenvalue weighted by atomic mass is 10.00. The summed E-state index contributed by atoms with van der Waals surface area (Å²) in [6.07, 6.45) is 4.77. The SMILES string of the molecule is Nc1cc(-c2c(-c3ccco3)nc(N)nc2-c2ccco2)ccn1. The van der Waals surface area contributed by atoms with Gasteiger partial charge >= 0.3 is 0 Å². The average molecular weight is 319 g/mol. The monoisotopic (exact) mass is 319 g/mol. The van der Waals surface area contributed by atoms with Crippen molar-refractivity contribution in [1.29, 1.82) is 0 Å². The molecule has 4 N–H and O–H groups in total. The second kappa shape index (κ2) is 5.54. The molecular formula is C17H13N5O2. The van der Waals surface area contributed by atoms with Gasteiger partial charge in [-0.25, -0.2) is 15.0 Å². The van der Waals surface area contributed by atoms with Crippen molar-refractivity contribution in [3.05, 3.63) is 55.1 Å². The van der Waals surface area contributed by atoms with Crippen LogP contribution in [0.2, 0.25) is 0 Å². The van der Waals surface area contributed by atoms with Gasteiger partial charge in [0.05, 0.1) is 12.5 Å². The fourth-order valence-electron chi connectivity index (χ4n) is 2.54. The first kappa shape index (κ1) is 14.0. The Morgan fingerprint density at radius 3 is 1.96 bits per heavy atom. The molecule has 0 saturated carbocycles. The van der Waals surface area contributed by atoms with Gasteiger partial charge in [0.25, 0.3) is 0 Å². The van der Waals surface area contributed by atoms with Gasteiger partial charge in [0.2, 0.25) is 5.95 Å². The second-order valence-corrected chi connectivity index (χ2v) is 5.08. The zero-order valence-corrected chi connectivity index (χ0v) is 12.5. The molecule has 0 aliphatic heterocycles. The van der Waals surface area contributed by atoms with Crippen LogP contribution < -0.4 is 11.5 Å². The van der Waals surface area contributed by atoms with Crippen molar-refractivity contribution in [2.24, 2.45) is 0 Å². The molecule has 0 saturated heterocycles. The smallest absolute Gasteiger partial charge is 0.221 e. The lowest BCUT2D eigenvalue weighted by Gasteiger charge is -2.12. The maximum absolute atomic E-state index is 5.91. The minimum atomic E-state index is 0.124. The fraction of sp³-hybridized carbons (Fsp3) is 0. The molecule has 4 rings (SSSR count). The summed E-state index contributed by atoms with van der Waals surface area (Å²) in [5.74, 6) is 1.66. The van der Waals surface area contributed by atoms with Crippen LogP contribution in [0, 0.1) is 0 Å². The molecule has 4 aromatic rings. The summed E-state index contributed by atoms with van der Waals surface area (Å²) in [7, 11) is 0. The quantitative estimate of drug-likeness (QED) is 0.595. The van der Waals surface area contributed by atoms with Gasteiger partial charge in [0, 0.05) is 11.8 Å². The zero-order chi connectivity index (χ0) is 16.5. The van der Waals surface area contributed by atoms with Crippen molar-refractivity contribution in [2.45, 2.75) is 0 Å². The van der Waals surface area contributed by atoms with Crippen molar-refractivity contribution in [1.82, 2.24) is 15.0 Å². The number of anilines is 2. The molecule has 4 heterocycles. The molecule has 118 valence electrons. The normalized spacial score (nSPS) is 10.8. The number of nitrogens with zero attached hydrogens (tertiary/aromatic N) is 3. The van der Waals surface area contributed by atoms with Crippen LogP contribution in [0.3, 0.4) is 0 Å². The number of nitrogens with two attached hydrogens (primary N) is 2. The van der Waals surface area contributed by atoms with Crippen molar-refractivity contribution in [2.75, 3.05) is 11.5 Å². The number of rotatable bonds is 3. The van der Waals surface area contributed by atoms with E-state index in [1.165, 1.54) is 0 Å². The van der Waals surface area contributed by atoms with Crippen molar-refractivity contribution < 1.29 is 8.83 Å². The lowest BCUT2D eigenvalue weighted by molar-refractivity contribution is 0.577. The third kappa shape index (κ3) is 2.38. The number of hydrogen-bond acceptors (Lipinski definition) is 7. The van der Waals surface area contributed by atoms with Gasteiger partial charge in [-0.3, -0.25) is 0 Å². The average Bonchev–Trinajstić information content (AvgIpc) is 3.28. The fourth-order valence-corrected chi connectivity index (χ4v) is 2.54. The Morgan fingerprint density at radius 2 is 1.46 bits per heavy atom. The molecule has 24 heavy (non-hydrogen) atoms. The van der Waals surface area contributed by atoms with Gasteiger partial charge < -0.3 is 20.3 Å². The molecule has 0 spiro atoms. The van der Waals surface area contributed by atoms with Crippen LogP contribution in [0.1, 0.15) is 0 Å². The highest BCUT2D eigenvalue weighted by Gasteiger charge is 2.21. The van der Waals surface area contributed by atoms with Crippen LogP contribution in [0.5, 0.6) is 0 Å². The van der Waals surface area contributed by atoms with E-state index in [1.807, 2.05) is 18.2 Å². The number of hydrogen-bond donors (Lipinski definition) is 2. The molecule has 0 atom stereocenters. The first-order chi connectivity index (χ1) is 11.7. The van der Waals surface area contributed by atoms with Gasteiger partial charge in [-0.05, 0) is 42.0 Å². The van der Waals surface area contributed by atoms with Gasteiger partial charge in [-0.2, -0.15) is 0 Å². The Bertz CT molecular complexity index is 923. The minimum Gasteiger partial charge on any atom is -0.463 e. The number of nitrogen functional groups attached to an aromatic ring is 2. The molecule has 7 nitrogen and oxygen atoms in total. The summed E-state index contributed by atoms with van der Waals surface area (Å²) < 4.78 is 11.0. The maximum Gasteiger partial charge on any atom is 0.221 e. The highest BCUT2D eigenvalue weighted by Crippen LogP contribution is 2.38. The Labute approximate surface area is 137 Å². The molecule has 0 amide bonds. The van der Waals surface area contributed by atoms with Crippen LogP contribution in [0.25, 0.3) is 34.0 Å². The molecule has 0 unspecified atom stereocenters. The third-order valence-corrected chi connectivity index (χ3v) is 3.51. The minimum absolute atomic E-state index is 0.124. The van der Waals surface area contributed by atoms with E-state index in [0.29, 0.717) is 34.3 Å². The summed E-state index contributed by atoms with van der Waals surface area (Å²) in [5.41, 5.74) is 14.4. The first-order valence-corrected chi connectivity index (χ1v) is 7.19.